The Hall–Kier alpha value is -0.120. The zero-order valence-corrected chi connectivity index (χ0v) is 11.5. The van der Waals surface area contributed by atoms with E-state index in [1.807, 2.05) is 13.8 Å². The van der Waals surface area contributed by atoms with Crippen molar-refractivity contribution in [3.05, 3.63) is 0 Å². The van der Waals surface area contributed by atoms with Gasteiger partial charge >= 0.3 is 0 Å². The maximum Gasteiger partial charge on any atom is 0.0841 e. The van der Waals surface area contributed by atoms with Crippen LogP contribution in [0, 0.1) is 5.92 Å². The average molecular weight is 244 g/mol. The Morgan fingerprint density at radius 3 is 2.71 bits per heavy atom. The molecule has 1 aliphatic rings. The number of aliphatic hydroxyl groups is 1. The van der Waals surface area contributed by atoms with Gasteiger partial charge in [-0.15, -0.1) is 0 Å². The second-order valence-corrected chi connectivity index (χ2v) is 5.18. The summed E-state index contributed by atoms with van der Waals surface area (Å²) in [6.07, 6.45) is 5.32. The van der Waals surface area contributed by atoms with Crippen molar-refractivity contribution in [2.75, 3.05) is 13.2 Å². The molecule has 0 amide bonds. The molecule has 0 aromatic heterocycles. The van der Waals surface area contributed by atoms with E-state index in [0.29, 0.717) is 6.61 Å². The molecule has 17 heavy (non-hydrogen) atoms. The van der Waals surface area contributed by atoms with Crippen LogP contribution < -0.4 is 0 Å². The van der Waals surface area contributed by atoms with Crippen LogP contribution in [0.4, 0.5) is 0 Å². The summed E-state index contributed by atoms with van der Waals surface area (Å²) >= 11 is 0. The van der Waals surface area contributed by atoms with Crippen LogP contribution in [0.5, 0.6) is 0 Å². The molecule has 0 aromatic rings. The van der Waals surface area contributed by atoms with E-state index in [4.69, 9.17) is 9.47 Å². The lowest BCUT2D eigenvalue weighted by Gasteiger charge is -2.34. The Balaban J connectivity index is 2.33. The summed E-state index contributed by atoms with van der Waals surface area (Å²) in [5.74, 6) is 0.729. The highest BCUT2D eigenvalue weighted by molar-refractivity contribution is 4.81. The smallest absolute Gasteiger partial charge is 0.0841 e. The molecule has 0 radical (unpaired) electrons. The Morgan fingerprint density at radius 1 is 1.29 bits per heavy atom. The highest BCUT2D eigenvalue weighted by Gasteiger charge is 2.30. The van der Waals surface area contributed by atoms with Crippen molar-refractivity contribution in [2.45, 2.75) is 71.2 Å². The molecule has 0 bridgehead atoms. The van der Waals surface area contributed by atoms with E-state index >= 15 is 0 Å². The molecule has 3 heteroatoms. The first kappa shape index (κ1) is 14.9. The van der Waals surface area contributed by atoms with Crippen molar-refractivity contribution < 1.29 is 14.6 Å². The summed E-state index contributed by atoms with van der Waals surface area (Å²) < 4.78 is 11.2. The molecule has 1 rings (SSSR count). The van der Waals surface area contributed by atoms with E-state index in [9.17, 15) is 5.11 Å². The number of aliphatic hydroxyl groups excluding tert-OH is 1. The molecule has 0 saturated heterocycles. The van der Waals surface area contributed by atoms with Crippen molar-refractivity contribution in [1.29, 1.82) is 0 Å². The molecule has 102 valence electrons. The van der Waals surface area contributed by atoms with Gasteiger partial charge in [-0.1, -0.05) is 19.8 Å². The van der Waals surface area contributed by atoms with E-state index < -0.39 is 0 Å². The van der Waals surface area contributed by atoms with Crippen LogP contribution in [0.3, 0.4) is 0 Å². The molecule has 3 nitrogen and oxygen atoms in total. The molecule has 1 N–H and O–H groups in total. The highest BCUT2D eigenvalue weighted by Crippen LogP contribution is 2.30. The van der Waals surface area contributed by atoms with Gasteiger partial charge in [0.1, 0.15) is 0 Å². The molecule has 0 aromatic carbocycles. The van der Waals surface area contributed by atoms with Crippen LogP contribution in [0.15, 0.2) is 0 Å². The summed E-state index contributed by atoms with van der Waals surface area (Å²) in [5, 5.41) is 9.96. The minimum Gasteiger partial charge on any atom is -0.390 e. The lowest BCUT2D eigenvalue weighted by molar-refractivity contribution is -0.116. The summed E-state index contributed by atoms with van der Waals surface area (Å²) in [6, 6.07) is 0. The third-order valence-electron chi connectivity index (χ3n) is 3.53. The number of rotatable bonds is 7. The second-order valence-electron chi connectivity index (χ2n) is 5.18. The topological polar surface area (TPSA) is 38.7 Å². The van der Waals surface area contributed by atoms with Crippen molar-refractivity contribution in [1.82, 2.24) is 0 Å². The van der Waals surface area contributed by atoms with Gasteiger partial charge in [0.05, 0.1) is 24.9 Å². The zero-order valence-electron chi connectivity index (χ0n) is 11.5. The van der Waals surface area contributed by atoms with Gasteiger partial charge in [0.2, 0.25) is 0 Å². The fourth-order valence-electron chi connectivity index (χ4n) is 2.63. The van der Waals surface area contributed by atoms with Gasteiger partial charge in [0.25, 0.3) is 0 Å². The van der Waals surface area contributed by atoms with Crippen LogP contribution in [-0.4, -0.2) is 36.6 Å². The molecule has 4 atom stereocenters. The number of hydrogen-bond donors (Lipinski definition) is 1. The first-order chi connectivity index (χ1) is 8.17. The Kier molecular flexibility index (Phi) is 7.09. The second kappa shape index (κ2) is 8.06. The third kappa shape index (κ3) is 5.36. The maximum atomic E-state index is 9.96. The fraction of sp³-hybridized carbons (Fsp3) is 1.00. The molecule has 0 aliphatic heterocycles. The van der Waals surface area contributed by atoms with E-state index in [2.05, 4.69) is 6.92 Å². The highest BCUT2D eigenvalue weighted by atomic mass is 16.5. The number of hydrogen-bond acceptors (Lipinski definition) is 3. The van der Waals surface area contributed by atoms with Crippen molar-refractivity contribution in [2.24, 2.45) is 5.92 Å². The molecule has 0 spiro atoms. The van der Waals surface area contributed by atoms with Crippen LogP contribution in [0.1, 0.15) is 52.9 Å². The van der Waals surface area contributed by atoms with Gasteiger partial charge in [0.15, 0.2) is 0 Å². The van der Waals surface area contributed by atoms with Crippen LogP contribution in [-0.2, 0) is 9.47 Å². The maximum absolute atomic E-state index is 9.96. The molecular formula is C14H28O3. The van der Waals surface area contributed by atoms with Gasteiger partial charge in [-0.3, -0.25) is 0 Å². The Labute approximate surface area is 105 Å². The first-order valence-electron chi connectivity index (χ1n) is 7.08. The van der Waals surface area contributed by atoms with Crippen LogP contribution in [0.2, 0.25) is 0 Å². The summed E-state index contributed by atoms with van der Waals surface area (Å²) in [5.41, 5.74) is 0. The minimum absolute atomic E-state index is 0.00996. The van der Waals surface area contributed by atoms with E-state index in [-0.39, 0.29) is 18.3 Å². The molecule has 4 unspecified atom stereocenters. The van der Waals surface area contributed by atoms with E-state index in [0.717, 1.165) is 31.8 Å². The van der Waals surface area contributed by atoms with Crippen molar-refractivity contribution in [3.8, 4) is 0 Å². The average Bonchev–Trinajstić information content (AvgIpc) is 2.31. The largest absolute Gasteiger partial charge is 0.390 e. The molecule has 1 fully saturated rings. The zero-order chi connectivity index (χ0) is 12.7. The Morgan fingerprint density at radius 2 is 2.06 bits per heavy atom. The van der Waals surface area contributed by atoms with Crippen molar-refractivity contribution in [3.63, 3.8) is 0 Å². The van der Waals surface area contributed by atoms with Gasteiger partial charge in [-0.25, -0.2) is 0 Å². The predicted molar refractivity (Wildman–Crippen MR) is 69.1 cm³/mol. The molecule has 1 aliphatic carbocycles. The van der Waals surface area contributed by atoms with Gasteiger partial charge in [-0.05, 0) is 39.0 Å². The first-order valence-corrected chi connectivity index (χ1v) is 7.08. The lowest BCUT2D eigenvalue weighted by Crippen LogP contribution is -2.39. The van der Waals surface area contributed by atoms with E-state index in [1.54, 1.807) is 0 Å². The van der Waals surface area contributed by atoms with Gasteiger partial charge in [-0.2, -0.15) is 0 Å². The molecular weight excluding hydrogens is 216 g/mol. The normalized spacial score (nSPS) is 31.4. The fourth-order valence-corrected chi connectivity index (χ4v) is 2.63. The predicted octanol–water partition coefficient (Wildman–Crippen LogP) is 2.76. The number of ether oxygens (including phenoxy) is 2. The lowest BCUT2D eigenvalue weighted by atomic mass is 9.83. The molecule has 0 heterocycles. The van der Waals surface area contributed by atoms with Crippen molar-refractivity contribution >= 4 is 0 Å². The molecule has 1 saturated carbocycles. The summed E-state index contributed by atoms with van der Waals surface area (Å²) in [4.78, 5) is 0. The van der Waals surface area contributed by atoms with Gasteiger partial charge < -0.3 is 14.6 Å². The monoisotopic (exact) mass is 244 g/mol. The minimum atomic E-state index is -0.285. The summed E-state index contributed by atoms with van der Waals surface area (Å²) in [7, 11) is 0. The van der Waals surface area contributed by atoms with Crippen LogP contribution in [0.25, 0.3) is 0 Å². The summed E-state index contributed by atoms with van der Waals surface area (Å²) in [6.45, 7) is 7.57. The Bertz CT molecular complexity index is 196. The van der Waals surface area contributed by atoms with E-state index in [1.165, 1.54) is 12.8 Å². The standard InChI is InChI=1S/C14H28O3/c1-4-6-12-7-8-13(15)14(9-12)17-11(3)10-16-5-2/h11-15H,4-10H2,1-3H3. The SMILES string of the molecule is CCCC1CCC(O)C(OC(C)COCC)C1. The quantitative estimate of drug-likeness (QED) is 0.748. The third-order valence-corrected chi connectivity index (χ3v) is 3.53. The van der Waals surface area contributed by atoms with Gasteiger partial charge in [0, 0.05) is 6.61 Å². The van der Waals surface area contributed by atoms with Crippen LogP contribution >= 0.6 is 0 Å².